The molecule has 3 amide bonds. The fraction of sp³-hybridized carbons (Fsp3) is 0.350. The minimum absolute atomic E-state index is 0.154. The minimum Gasteiger partial charge on any atom is -0.351 e. The highest BCUT2D eigenvalue weighted by atomic mass is 32.1. The predicted octanol–water partition coefficient (Wildman–Crippen LogP) is 3.00. The zero-order valence-electron chi connectivity index (χ0n) is 16.2. The minimum atomic E-state index is -4.61. The Morgan fingerprint density at radius 3 is 2.17 bits per heavy atom. The number of carbonyl (C=O) groups excluding carboxylic acids is 3. The summed E-state index contributed by atoms with van der Waals surface area (Å²) in [5.74, 6) is -1.05. The van der Waals surface area contributed by atoms with Gasteiger partial charge in [0.2, 0.25) is 5.91 Å². The van der Waals surface area contributed by atoms with E-state index in [9.17, 15) is 27.6 Å². The maximum absolute atomic E-state index is 13.2. The van der Waals surface area contributed by atoms with Gasteiger partial charge in [0.1, 0.15) is 0 Å². The lowest BCUT2D eigenvalue weighted by Gasteiger charge is -2.35. The number of nitrogens with one attached hydrogen (secondary N) is 1. The van der Waals surface area contributed by atoms with Crippen LogP contribution in [-0.2, 0) is 17.5 Å². The lowest BCUT2D eigenvalue weighted by molar-refractivity contribution is -0.138. The molecule has 0 radical (unpaired) electrons. The lowest BCUT2D eigenvalue weighted by atomic mass is 10.1. The molecule has 0 atom stereocenters. The topological polar surface area (TPSA) is 69.7 Å². The molecule has 3 rings (SSSR count). The standard InChI is InChI=1S/C20H20F3N3O3S/c1-13(27)24-12-14-6-7-17(30-14)19(29)26-10-8-25(9-11-26)18(28)15-4-2-3-5-16(15)20(21,22)23/h2-7H,8-12H2,1H3,(H,24,27). The maximum atomic E-state index is 13.2. The second kappa shape index (κ2) is 8.86. The summed E-state index contributed by atoms with van der Waals surface area (Å²) < 4.78 is 39.6. The van der Waals surface area contributed by atoms with Crippen LogP contribution in [0.2, 0.25) is 0 Å². The van der Waals surface area contributed by atoms with Crippen molar-refractivity contribution in [2.45, 2.75) is 19.6 Å². The average Bonchev–Trinajstić information content (AvgIpc) is 3.20. The van der Waals surface area contributed by atoms with E-state index in [0.29, 0.717) is 11.4 Å². The molecular weight excluding hydrogens is 419 g/mol. The lowest BCUT2D eigenvalue weighted by Crippen LogP contribution is -2.50. The van der Waals surface area contributed by atoms with Gasteiger partial charge in [0, 0.05) is 38.0 Å². The van der Waals surface area contributed by atoms with Gasteiger partial charge in [-0.15, -0.1) is 11.3 Å². The molecule has 1 aromatic carbocycles. The molecule has 1 aromatic heterocycles. The van der Waals surface area contributed by atoms with Gasteiger partial charge in [-0.1, -0.05) is 12.1 Å². The Labute approximate surface area is 175 Å². The van der Waals surface area contributed by atoms with Gasteiger partial charge in [-0.05, 0) is 24.3 Å². The van der Waals surface area contributed by atoms with E-state index in [1.54, 1.807) is 17.0 Å². The third kappa shape index (κ3) is 4.99. The van der Waals surface area contributed by atoms with Gasteiger partial charge in [-0.25, -0.2) is 0 Å². The molecule has 160 valence electrons. The summed E-state index contributed by atoms with van der Waals surface area (Å²) in [6.45, 7) is 2.53. The molecule has 10 heteroatoms. The van der Waals surface area contributed by atoms with Crippen LogP contribution in [0.25, 0.3) is 0 Å². The van der Waals surface area contributed by atoms with Crippen LogP contribution in [0.3, 0.4) is 0 Å². The van der Waals surface area contributed by atoms with Crippen molar-refractivity contribution >= 4 is 29.1 Å². The van der Waals surface area contributed by atoms with Crippen molar-refractivity contribution in [1.82, 2.24) is 15.1 Å². The first kappa shape index (κ1) is 21.8. The summed E-state index contributed by atoms with van der Waals surface area (Å²) in [6.07, 6.45) is -4.61. The first-order chi connectivity index (χ1) is 14.2. The number of hydrogen-bond donors (Lipinski definition) is 1. The van der Waals surface area contributed by atoms with Gasteiger partial charge in [-0.3, -0.25) is 14.4 Å². The molecule has 2 heterocycles. The highest BCUT2D eigenvalue weighted by Gasteiger charge is 2.36. The molecule has 1 saturated heterocycles. The molecule has 1 fully saturated rings. The van der Waals surface area contributed by atoms with Crippen LogP contribution in [-0.4, -0.2) is 53.7 Å². The number of alkyl halides is 3. The van der Waals surface area contributed by atoms with E-state index in [4.69, 9.17) is 0 Å². The second-order valence-electron chi connectivity index (χ2n) is 6.80. The maximum Gasteiger partial charge on any atom is 0.417 e. The summed E-state index contributed by atoms with van der Waals surface area (Å²) in [5.41, 5.74) is -1.34. The van der Waals surface area contributed by atoms with Crippen LogP contribution in [0.4, 0.5) is 13.2 Å². The van der Waals surface area contributed by atoms with Gasteiger partial charge in [0.05, 0.1) is 22.5 Å². The number of halogens is 3. The van der Waals surface area contributed by atoms with Crippen LogP contribution in [0.5, 0.6) is 0 Å². The Morgan fingerprint density at radius 1 is 0.967 bits per heavy atom. The molecule has 0 saturated carbocycles. The molecule has 6 nitrogen and oxygen atoms in total. The van der Waals surface area contributed by atoms with Gasteiger partial charge in [0.15, 0.2) is 0 Å². The number of piperazine rings is 1. The SMILES string of the molecule is CC(=O)NCc1ccc(C(=O)N2CCN(C(=O)c3ccccc3C(F)(F)F)CC2)s1. The highest BCUT2D eigenvalue weighted by molar-refractivity contribution is 7.14. The van der Waals surface area contributed by atoms with Gasteiger partial charge in [0.25, 0.3) is 11.8 Å². The number of rotatable bonds is 4. The van der Waals surface area contributed by atoms with Crippen LogP contribution < -0.4 is 5.32 Å². The zero-order valence-corrected chi connectivity index (χ0v) is 17.0. The number of amides is 3. The van der Waals surface area contributed by atoms with Crippen molar-refractivity contribution in [1.29, 1.82) is 0 Å². The Hall–Kier alpha value is -2.88. The summed E-state index contributed by atoms with van der Waals surface area (Å²) in [7, 11) is 0. The fourth-order valence-corrected chi connectivity index (χ4v) is 4.07. The smallest absolute Gasteiger partial charge is 0.351 e. The van der Waals surface area contributed by atoms with Crippen molar-refractivity contribution in [2.24, 2.45) is 0 Å². The zero-order chi connectivity index (χ0) is 21.9. The molecule has 1 aliphatic heterocycles. The fourth-order valence-electron chi connectivity index (χ4n) is 3.16. The van der Waals surface area contributed by atoms with Crippen molar-refractivity contribution in [3.05, 3.63) is 57.3 Å². The summed E-state index contributed by atoms with van der Waals surface area (Å²) >= 11 is 1.27. The Kier molecular flexibility index (Phi) is 6.45. The number of thiophene rings is 1. The van der Waals surface area contributed by atoms with Crippen molar-refractivity contribution < 1.29 is 27.6 Å². The normalized spacial score (nSPS) is 14.5. The predicted molar refractivity (Wildman–Crippen MR) is 105 cm³/mol. The average molecular weight is 439 g/mol. The number of benzene rings is 1. The Balaban J connectivity index is 1.62. The van der Waals surface area contributed by atoms with E-state index in [0.717, 1.165) is 10.9 Å². The monoisotopic (exact) mass is 439 g/mol. The largest absolute Gasteiger partial charge is 0.417 e. The van der Waals surface area contributed by atoms with E-state index < -0.39 is 17.6 Å². The van der Waals surface area contributed by atoms with Crippen LogP contribution in [0.1, 0.15) is 37.4 Å². The quantitative estimate of drug-likeness (QED) is 0.796. The van der Waals surface area contributed by atoms with Crippen molar-refractivity contribution in [2.75, 3.05) is 26.2 Å². The molecule has 1 aliphatic rings. The molecule has 30 heavy (non-hydrogen) atoms. The van der Waals surface area contributed by atoms with Crippen molar-refractivity contribution in [3.8, 4) is 0 Å². The van der Waals surface area contributed by atoms with Gasteiger partial charge < -0.3 is 15.1 Å². The molecule has 0 bridgehead atoms. The van der Waals surface area contributed by atoms with E-state index in [-0.39, 0.29) is 43.6 Å². The first-order valence-electron chi connectivity index (χ1n) is 9.24. The van der Waals surface area contributed by atoms with Gasteiger partial charge in [-0.2, -0.15) is 13.2 Å². The molecule has 1 N–H and O–H groups in total. The van der Waals surface area contributed by atoms with Crippen LogP contribution >= 0.6 is 11.3 Å². The third-order valence-electron chi connectivity index (χ3n) is 4.70. The van der Waals surface area contributed by atoms with Gasteiger partial charge >= 0.3 is 6.18 Å². The molecule has 0 unspecified atom stereocenters. The van der Waals surface area contributed by atoms with Crippen LogP contribution in [0, 0.1) is 0 Å². The summed E-state index contributed by atoms with van der Waals surface area (Å²) in [4.78, 5) is 40.6. The van der Waals surface area contributed by atoms with Crippen molar-refractivity contribution in [3.63, 3.8) is 0 Å². The Morgan fingerprint density at radius 2 is 1.57 bits per heavy atom. The Bertz CT molecular complexity index is 950. The molecule has 0 aliphatic carbocycles. The van der Waals surface area contributed by atoms with E-state index in [1.165, 1.54) is 41.4 Å². The number of nitrogens with zero attached hydrogens (tertiary/aromatic N) is 2. The van der Waals surface area contributed by atoms with Crippen LogP contribution in [0.15, 0.2) is 36.4 Å². The second-order valence-corrected chi connectivity index (χ2v) is 7.97. The van der Waals surface area contributed by atoms with E-state index in [1.807, 2.05) is 0 Å². The van der Waals surface area contributed by atoms with E-state index in [2.05, 4.69) is 5.32 Å². The molecule has 0 spiro atoms. The summed E-state index contributed by atoms with van der Waals surface area (Å²) in [5, 5.41) is 2.66. The van der Waals surface area contributed by atoms with E-state index >= 15 is 0 Å². The highest BCUT2D eigenvalue weighted by Crippen LogP contribution is 2.32. The molecule has 2 aromatic rings. The third-order valence-corrected chi connectivity index (χ3v) is 5.77. The number of hydrogen-bond acceptors (Lipinski definition) is 4. The summed E-state index contributed by atoms with van der Waals surface area (Å²) in [6, 6.07) is 8.16. The number of carbonyl (C=O) groups is 3. The molecular formula is C20H20F3N3O3S. The first-order valence-corrected chi connectivity index (χ1v) is 10.1.